The molecule has 1 fully saturated rings. The third-order valence-electron chi connectivity index (χ3n) is 3.03. The van der Waals surface area contributed by atoms with Gasteiger partial charge < -0.3 is 25.7 Å². The Morgan fingerprint density at radius 3 is 2.72 bits per heavy atom. The first kappa shape index (κ1) is 14.7. The van der Waals surface area contributed by atoms with Gasteiger partial charge in [0.2, 0.25) is 0 Å². The molecular formula is C11H21N3O4. The predicted molar refractivity (Wildman–Crippen MR) is 65.3 cm³/mol. The number of hydrogen-bond donors (Lipinski definition) is 4. The third-order valence-corrected chi connectivity index (χ3v) is 3.03. The Balaban J connectivity index is 2.05. The number of urea groups is 1. The van der Waals surface area contributed by atoms with E-state index in [2.05, 4.69) is 15.5 Å². The van der Waals surface area contributed by atoms with Crippen molar-refractivity contribution in [3.05, 3.63) is 0 Å². The molecule has 0 aliphatic carbocycles. The van der Waals surface area contributed by atoms with Gasteiger partial charge >= 0.3 is 12.0 Å². The number of carboxylic acids is 1. The van der Waals surface area contributed by atoms with E-state index in [1.165, 1.54) is 0 Å². The number of amides is 2. The van der Waals surface area contributed by atoms with E-state index >= 15 is 0 Å². The van der Waals surface area contributed by atoms with Gasteiger partial charge in [-0.15, -0.1) is 0 Å². The fourth-order valence-corrected chi connectivity index (χ4v) is 1.94. The predicted octanol–water partition coefficient (Wildman–Crippen LogP) is -0.927. The van der Waals surface area contributed by atoms with Crippen LogP contribution in [0, 0.1) is 5.92 Å². The molecule has 0 saturated carbocycles. The van der Waals surface area contributed by atoms with E-state index in [4.69, 9.17) is 10.2 Å². The monoisotopic (exact) mass is 259 g/mol. The summed E-state index contributed by atoms with van der Waals surface area (Å²) in [6.07, 6.45) is -0.336. The normalized spacial score (nSPS) is 21.6. The number of rotatable bonds is 6. The Bertz CT molecular complexity index is 298. The number of aliphatic hydroxyl groups is 1. The zero-order valence-corrected chi connectivity index (χ0v) is 10.6. The van der Waals surface area contributed by atoms with Gasteiger partial charge in [0, 0.05) is 26.1 Å². The van der Waals surface area contributed by atoms with Crippen LogP contribution >= 0.6 is 0 Å². The zero-order valence-electron chi connectivity index (χ0n) is 10.6. The standard InChI is InChI=1S/C11H21N3O4/c1-14-5-3-8(7-14)6-13-11(18)12-4-2-9(15)10(16)17/h8-9,15H,2-7H2,1H3,(H,16,17)(H2,12,13,18). The molecule has 2 amide bonds. The van der Waals surface area contributed by atoms with E-state index < -0.39 is 12.1 Å². The minimum absolute atomic E-state index is 0.00885. The Morgan fingerprint density at radius 1 is 1.44 bits per heavy atom. The van der Waals surface area contributed by atoms with Gasteiger partial charge in [-0.1, -0.05) is 0 Å². The van der Waals surface area contributed by atoms with Gasteiger partial charge in [-0.2, -0.15) is 0 Å². The molecule has 0 aromatic heterocycles. The summed E-state index contributed by atoms with van der Waals surface area (Å²) in [6.45, 7) is 2.80. The quantitative estimate of drug-likeness (QED) is 0.494. The van der Waals surface area contributed by atoms with Crippen molar-refractivity contribution in [2.24, 2.45) is 5.92 Å². The molecule has 4 N–H and O–H groups in total. The molecule has 1 aliphatic heterocycles. The SMILES string of the molecule is CN1CCC(CNC(=O)NCCC(O)C(=O)O)C1. The lowest BCUT2D eigenvalue weighted by Gasteiger charge is -2.12. The lowest BCUT2D eigenvalue weighted by Crippen LogP contribution is -2.40. The van der Waals surface area contributed by atoms with Crippen molar-refractivity contribution in [2.75, 3.05) is 33.2 Å². The molecule has 1 heterocycles. The highest BCUT2D eigenvalue weighted by molar-refractivity contribution is 5.74. The molecule has 0 radical (unpaired) electrons. The number of carboxylic acid groups (broad SMARTS) is 1. The van der Waals surface area contributed by atoms with Crippen LogP contribution in [0.25, 0.3) is 0 Å². The lowest BCUT2D eigenvalue weighted by atomic mass is 10.1. The average molecular weight is 259 g/mol. The van der Waals surface area contributed by atoms with Gasteiger partial charge in [0.25, 0.3) is 0 Å². The summed E-state index contributed by atoms with van der Waals surface area (Å²) in [7, 11) is 2.05. The number of likely N-dealkylation sites (tertiary alicyclic amines) is 1. The van der Waals surface area contributed by atoms with Crippen molar-refractivity contribution in [1.29, 1.82) is 0 Å². The fraction of sp³-hybridized carbons (Fsp3) is 0.818. The summed E-state index contributed by atoms with van der Waals surface area (Å²) in [6, 6.07) is -0.317. The molecule has 0 aromatic rings. The van der Waals surface area contributed by atoms with E-state index in [0.717, 1.165) is 19.5 Å². The third kappa shape index (κ3) is 5.33. The summed E-state index contributed by atoms with van der Waals surface area (Å²) in [5.41, 5.74) is 0. The molecule has 0 bridgehead atoms. The second kappa shape index (κ2) is 7.17. The second-order valence-electron chi connectivity index (χ2n) is 4.70. The smallest absolute Gasteiger partial charge is 0.332 e. The van der Waals surface area contributed by atoms with Crippen molar-refractivity contribution in [1.82, 2.24) is 15.5 Å². The molecule has 0 spiro atoms. The Kier molecular flexibility index (Phi) is 5.87. The molecule has 7 nitrogen and oxygen atoms in total. The summed E-state index contributed by atoms with van der Waals surface area (Å²) >= 11 is 0. The average Bonchev–Trinajstić information content (AvgIpc) is 2.72. The van der Waals surface area contributed by atoms with E-state index in [-0.39, 0.29) is 19.0 Å². The number of carbonyl (C=O) groups is 2. The minimum atomic E-state index is -1.42. The summed E-state index contributed by atoms with van der Waals surface area (Å²) in [5.74, 6) is -0.795. The van der Waals surface area contributed by atoms with Crippen LogP contribution in [-0.4, -0.2) is 66.4 Å². The van der Waals surface area contributed by atoms with Crippen molar-refractivity contribution in [3.63, 3.8) is 0 Å². The number of nitrogens with one attached hydrogen (secondary N) is 2. The zero-order chi connectivity index (χ0) is 13.5. The van der Waals surface area contributed by atoms with Crippen molar-refractivity contribution < 1.29 is 19.8 Å². The first-order valence-corrected chi connectivity index (χ1v) is 6.10. The molecule has 1 saturated heterocycles. The van der Waals surface area contributed by atoms with Crippen LogP contribution in [0.4, 0.5) is 4.79 Å². The summed E-state index contributed by atoms with van der Waals surface area (Å²) in [5, 5.41) is 22.7. The highest BCUT2D eigenvalue weighted by Crippen LogP contribution is 2.12. The molecule has 7 heteroatoms. The van der Waals surface area contributed by atoms with Crippen LogP contribution in [-0.2, 0) is 4.79 Å². The minimum Gasteiger partial charge on any atom is -0.479 e. The number of hydrogen-bond acceptors (Lipinski definition) is 4. The van der Waals surface area contributed by atoms with Crippen molar-refractivity contribution in [3.8, 4) is 0 Å². The van der Waals surface area contributed by atoms with Crippen LogP contribution in [0.3, 0.4) is 0 Å². The Labute approximate surface area is 106 Å². The van der Waals surface area contributed by atoms with Gasteiger partial charge in [-0.25, -0.2) is 9.59 Å². The van der Waals surface area contributed by atoms with E-state index in [1.54, 1.807) is 0 Å². The molecular weight excluding hydrogens is 238 g/mol. The highest BCUT2D eigenvalue weighted by Gasteiger charge is 2.19. The van der Waals surface area contributed by atoms with Crippen LogP contribution < -0.4 is 10.6 Å². The van der Waals surface area contributed by atoms with E-state index in [1.807, 2.05) is 7.05 Å². The van der Waals surface area contributed by atoms with Gasteiger partial charge in [0.1, 0.15) is 0 Å². The number of aliphatic carboxylic acids is 1. The van der Waals surface area contributed by atoms with Gasteiger partial charge in [0.05, 0.1) is 0 Å². The van der Waals surface area contributed by atoms with Crippen LogP contribution in [0.15, 0.2) is 0 Å². The summed E-state index contributed by atoms with van der Waals surface area (Å²) < 4.78 is 0. The molecule has 1 aliphatic rings. The molecule has 2 unspecified atom stereocenters. The number of aliphatic hydroxyl groups excluding tert-OH is 1. The van der Waals surface area contributed by atoms with Crippen molar-refractivity contribution >= 4 is 12.0 Å². The maximum atomic E-state index is 11.4. The van der Waals surface area contributed by atoms with E-state index in [9.17, 15) is 9.59 Å². The van der Waals surface area contributed by atoms with Crippen LogP contribution in [0.2, 0.25) is 0 Å². The molecule has 2 atom stereocenters. The molecule has 1 rings (SSSR count). The number of carbonyl (C=O) groups excluding carboxylic acids is 1. The van der Waals surface area contributed by atoms with Gasteiger partial charge in [-0.05, 0) is 25.9 Å². The van der Waals surface area contributed by atoms with Crippen molar-refractivity contribution in [2.45, 2.75) is 18.9 Å². The van der Waals surface area contributed by atoms with Crippen LogP contribution in [0.5, 0.6) is 0 Å². The second-order valence-corrected chi connectivity index (χ2v) is 4.70. The molecule has 0 aromatic carbocycles. The van der Waals surface area contributed by atoms with Gasteiger partial charge in [0.15, 0.2) is 6.10 Å². The first-order valence-electron chi connectivity index (χ1n) is 6.10. The molecule has 104 valence electrons. The maximum Gasteiger partial charge on any atom is 0.332 e. The first-order chi connectivity index (χ1) is 8.49. The lowest BCUT2D eigenvalue weighted by molar-refractivity contribution is -0.146. The highest BCUT2D eigenvalue weighted by atomic mass is 16.4. The fourth-order valence-electron chi connectivity index (χ4n) is 1.94. The van der Waals surface area contributed by atoms with E-state index in [0.29, 0.717) is 12.5 Å². The number of nitrogens with zero attached hydrogens (tertiary/aromatic N) is 1. The molecule has 18 heavy (non-hydrogen) atoms. The van der Waals surface area contributed by atoms with Crippen LogP contribution in [0.1, 0.15) is 12.8 Å². The summed E-state index contributed by atoms with van der Waals surface area (Å²) in [4.78, 5) is 23.9. The Hall–Kier alpha value is -1.34. The Morgan fingerprint density at radius 2 is 2.17 bits per heavy atom. The largest absolute Gasteiger partial charge is 0.479 e. The maximum absolute atomic E-state index is 11.4. The topological polar surface area (TPSA) is 102 Å². The van der Waals surface area contributed by atoms with Gasteiger partial charge in [-0.3, -0.25) is 0 Å².